The summed E-state index contributed by atoms with van der Waals surface area (Å²) in [5.74, 6) is 0.856. The van der Waals surface area contributed by atoms with E-state index in [1.165, 1.54) is 5.56 Å². The van der Waals surface area contributed by atoms with Gasteiger partial charge in [-0.15, -0.1) is 0 Å². The molecule has 3 nitrogen and oxygen atoms in total. The molecule has 102 valence electrons. The first-order valence-electron chi connectivity index (χ1n) is 6.62. The van der Waals surface area contributed by atoms with Crippen LogP contribution in [0.2, 0.25) is 0 Å². The van der Waals surface area contributed by atoms with E-state index in [9.17, 15) is 0 Å². The highest BCUT2D eigenvalue weighted by atomic mass is 16.5. The molecule has 0 aliphatic heterocycles. The second-order valence-corrected chi connectivity index (χ2v) is 4.68. The van der Waals surface area contributed by atoms with Crippen molar-refractivity contribution in [2.24, 2.45) is 0 Å². The van der Waals surface area contributed by atoms with E-state index in [0.29, 0.717) is 18.2 Å². The van der Waals surface area contributed by atoms with Gasteiger partial charge in [0.25, 0.3) is 0 Å². The Hall–Kier alpha value is -2.31. The minimum atomic E-state index is 0.300. The number of ether oxygens (including phenoxy) is 1. The summed E-state index contributed by atoms with van der Waals surface area (Å²) in [5, 5.41) is 12.0. The fraction of sp³-hybridized carbons (Fsp3) is 0.235. The van der Waals surface area contributed by atoms with E-state index < -0.39 is 0 Å². The second-order valence-electron chi connectivity index (χ2n) is 4.68. The summed E-state index contributed by atoms with van der Waals surface area (Å²) in [6.07, 6.45) is 0. The molecule has 2 aromatic rings. The minimum Gasteiger partial charge on any atom is -0.489 e. The molecular formula is C17H18N2O. The molecule has 20 heavy (non-hydrogen) atoms. The predicted octanol–water partition coefficient (Wildman–Crippen LogP) is 3.42. The van der Waals surface area contributed by atoms with Gasteiger partial charge in [0.15, 0.2) is 0 Å². The van der Waals surface area contributed by atoms with Crippen LogP contribution >= 0.6 is 0 Å². The van der Waals surface area contributed by atoms with E-state index in [1.54, 1.807) is 12.1 Å². The van der Waals surface area contributed by atoms with Gasteiger partial charge in [-0.05, 0) is 49.4 Å². The molecule has 0 saturated heterocycles. The molecule has 3 heteroatoms. The van der Waals surface area contributed by atoms with Crippen molar-refractivity contribution in [3.8, 4) is 11.8 Å². The Labute approximate surface area is 119 Å². The van der Waals surface area contributed by atoms with Crippen LogP contribution in [0.4, 0.5) is 0 Å². The van der Waals surface area contributed by atoms with Crippen molar-refractivity contribution in [1.29, 1.82) is 5.26 Å². The van der Waals surface area contributed by atoms with Gasteiger partial charge in [0.1, 0.15) is 12.4 Å². The number of nitrogens with one attached hydrogen (secondary N) is 1. The van der Waals surface area contributed by atoms with Gasteiger partial charge in [0, 0.05) is 6.04 Å². The third kappa shape index (κ3) is 3.59. The molecule has 0 fully saturated rings. The van der Waals surface area contributed by atoms with E-state index in [2.05, 4.69) is 24.4 Å². The summed E-state index contributed by atoms with van der Waals surface area (Å²) in [7, 11) is 1.94. The number of nitriles is 1. The summed E-state index contributed by atoms with van der Waals surface area (Å²) in [6, 6.07) is 17.9. The SMILES string of the molecule is CNC(C)c1cccc(OCc2ccc(C#N)cc2)c1. The van der Waals surface area contributed by atoms with E-state index in [0.717, 1.165) is 11.3 Å². The van der Waals surface area contributed by atoms with Crippen LogP contribution < -0.4 is 10.1 Å². The Morgan fingerprint density at radius 2 is 1.95 bits per heavy atom. The Morgan fingerprint density at radius 1 is 1.20 bits per heavy atom. The van der Waals surface area contributed by atoms with Crippen molar-refractivity contribution in [3.05, 3.63) is 65.2 Å². The molecule has 0 bridgehead atoms. The molecule has 1 N–H and O–H groups in total. The van der Waals surface area contributed by atoms with Gasteiger partial charge in [0.2, 0.25) is 0 Å². The molecule has 0 radical (unpaired) electrons. The number of nitrogens with zero attached hydrogens (tertiary/aromatic N) is 1. The van der Waals surface area contributed by atoms with E-state index in [4.69, 9.17) is 10.00 Å². The zero-order chi connectivity index (χ0) is 14.4. The molecule has 1 atom stereocenters. The third-order valence-corrected chi connectivity index (χ3v) is 3.28. The second kappa shape index (κ2) is 6.74. The maximum atomic E-state index is 8.76. The van der Waals surface area contributed by atoms with E-state index >= 15 is 0 Å². The summed E-state index contributed by atoms with van der Waals surface area (Å²) in [5.41, 5.74) is 2.92. The lowest BCUT2D eigenvalue weighted by Gasteiger charge is -2.12. The molecular weight excluding hydrogens is 248 g/mol. The predicted molar refractivity (Wildman–Crippen MR) is 79.4 cm³/mol. The van der Waals surface area contributed by atoms with Crippen LogP contribution in [-0.2, 0) is 6.61 Å². The van der Waals surface area contributed by atoms with Crippen LogP contribution in [0, 0.1) is 11.3 Å². The lowest BCUT2D eigenvalue weighted by molar-refractivity contribution is 0.305. The van der Waals surface area contributed by atoms with Crippen molar-refractivity contribution in [1.82, 2.24) is 5.32 Å². The first kappa shape index (κ1) is 14.1. The topological polar surface area (TPSA) is 45.0 Å². The number of benzene rings is 2. The quantitative estimate of drug-likeness (QED) is 0.902. The van der Waals surface area contributed by atoms with Crippen molar-refractivity contribution in [2.45, 2.75) is 19.6 Å². The zero-order valence-electron chi connectivity index (χ0n) is 11.8. The van der Waals surface area contributed by atoms with Gasteiger partial charge < -0.3 is 10.1 Å². The lowest BCUT2D eigenvalue weighted by Crippen LogP contribution is -2.12. The number of rotatable bonds is 5. The van der Waals surface area contributed by atoms with Gasteiger partial charge in [-0.3, -0.25) is 0 Å². The van der Waals surface area contributed by atoms with E-state index in [1.807, 2.05) is 37.4 Å². The monoisotopic (exact) mass is 266 g/mol. The maximum Gasteiger partial charge on any atom is 0.120 e. The molecule has 0 aliphatic rings. The number of hydrogen-bond acceptors (Lipinski definition) is 3. The fourth-order valence-corrected chi connectivity index (χ4v) is 1.88. The average molecular weight is 266 g/mol. The van der Waals surface area contributed by atoms with Crippen LogP contribution in [0.5, 0.6) is 5.75 Å². The first-order valence-corrected chi connectivity index (χ1v) is 6.62. The van der Waals surface area contributed by atoms with Crippen LogP contribution in [0.1, 0.15) is 29.7 Å². The normalized spacial score (nSPS) is 11.7. The van der Waals surface area contributed by atoms with Crippen molar-refractivity contribution in [2.75, 3.05) is 7.05 Å². The van der Waals surface area contributed by atoms with Gasteiger partial charge in [0.05, 0.1) is 11.6 Å². The summed E-state index contributed by atoms with van der Waals surface area (Å²) >= 11 is 0. The summed E-state index contributed by atoms with van der Waals surface area (Å²) in [4.78, 5) is 0. The van der Waals surface area contributed by atoms with E-state index in [-0.39, 0.29) is 0 Å². The zero-order valence-corrected chi connectivity index (χ0v) is 11.8. The van der Waals surface area contributed by atoms with Gasteiger partial charge in [-0.2, -0.15) is 5.26 Å². The number of hydrogen-bond donors (Lipinski definition) is 1. The highest BCUT2D eigenvalue weighted by Crippen LogP contribution is 2.19. The van der Waals surface area contributed by atoms with Crippen LogP contribution in [-0.4, -0.2) is 7.05 Å². The van der Waals surface area contributed by atoms with Crippen LogP contribution in [0.25, 0.3) is 0 Å². The highest BCUT2D eigenvalue weighted by molar-refractivity contribution is 5.33. The molecule has 0 aromatic heterocycles. The summed E-state index contributed by atoms with van der Waals surface area (Å²) in [6.45, 7) is 2.61. The molecule has 1 unspecified atom stereocenters. The molecule has 0 aliphatic carbocycles. The molecule has 0 saturated carbocycles. The highest BCUT2D eigenvalue weighted by Gasteiger charge is 2.04. The van der Waals surface area contributed by atoms with Gasteiger partial charge in [-0.1, -0.05) is 24.3 Å². The van der Waals surface area contributed by atoms with Crippen molar-refractivity contribution >= 4 is 0 Å². The van der Waals surface area contributed by atoms with Crippen molar-refractivity contribution in [3.63, 3.8) is 0 Å². The van der Waals surface area contributed by atoms with Crippen LogP contribution in [0.15, 0.2) is 48.5 Å². The molecule has 2 rings (SSSR count). The smallest absolute Gasteiger partial charge is 0.120 e. The average Bonchev–Trinajstić information content (AvgIpc) is 2.53. The molecule has 2 aromatic carbocycles. The Balaban J connectivity index is 2.01. The lowest BCUT2D eigenvalue weighted by atomic mass is 10.1. The molecule has 0 amide bonds. The fourth-order valence-electron chi connectivity index (χ4n) is 1.88. The Kier molecular flexibility index (Phi) is 4.75. The van der Waals surface area contributed by atoms with Gasteiger partial charge >= 0.3 is 0 Å². The van der Waals surface area contributed by atoms with Crippen molar-refractivity contribution < 1.29 is 4.74 Å². The minimum absolute atomic E-state index is 0.300. The summed E-state index contributed by atoms with van der Waals surface area (Å²) < 4.78 is 5.79. The Bertz CT molecular complexity index is 599. The molecule has 0 heterocycles. The first-order chi connectivity index (χ1) is 9.72. The maximum absolute atomic E-state index is 8.76. The molecule has 0 spiro atoms. The largest absolute Gasteiger partial charge is 0.489 e. The van der Waals surface area contributed by atoms with Crippen LogP contribution in [0.3, 0.4) is 0 Å². The third-order valence-electron chi connectivity index (χ3n) is 3.28. The standard InChI is InChI=1S/C17H18N2O/c1-13(19-2)16-4-3-5-17(10-16)20-12-15-8-6-14(11-18)7-9-15/h3-10,13,19H,12H2,1-2H3. The van der Waals surface area contributed by atoms with Gasteiger partial charge in [-0.25, -0.2) is 0 Å². The Morgan fingerprint density at radius 3 is 2.60 bits per heavy atom.